The highest BCUT2D eigenvalue weighted by Gasteiger charge is 2.17. The summed E-state index contributed by atoms with van der Waals surface area (Å²) in [4.78, 5) is 4.72. The summed E-state index contributed by atoms with van der Waals surface area (Å²) in [5.74, 6) is 1.01. The van der Waals surface area contributed by atoms with Crippen molar-refractivity contribution in [2.75, 3.05) is 20.3 Å². The van der Waals surface area contributed by atoms with Crippen molar-refractivity contribution >= 4 is 21.5 Å². The third-order valence-corrected chi connectivity index (χ3v) is 6.08. The average molecular weight is 461 g/mol. The van der Waals surface area contributed by atoms with Gasteiger partial charge in [-0.25, -0.2) is 4.98 Å². The Morgan fingerprint density at radius 3 is 2.37 bits per heavy atom. The van der Waals surface area contributed by atoms with Crippen LogP contribution >= 0.6 is 0 Å². The van der Waals surface area contributed by atoms with Gasteiger partial charge in [-0.2, -0.15) is 5.26 Å². The number of hydrogen-bond donors (Lipinski definition) is 1. The van der Waals surface area contributed by atoms with E-state index in [1.807, 2.05) is 36.4 Å². The van der Waals surface area contributed by atoms with E-state index < -0.39 is 0 Å². The van der Waals surface area contributed by atoms with Crippen LogP contribution in [0, 0.1) is 11.3 Å². The lowest BCUT2D eigenvalue weighted by molar-refractivity contribution is 0.229. The quantitative estimate of drug-likeness (QED) is 0.226. The number of ether oxygens (including phenoxy) is 2. The number of fused-ring (bicyclic) bond motifs is 3. The number of methoxy groups -OCH3 is 1. The molecule has 1 N–H and O–H groups in total. The van der Waals surface area contributed by atoms with Crippen LogP contribution in [0.5, 0.6) is 11.6 Å². The van der Waals surface area contributed by atoms with Crippen molar-refractivity contribution < 1.29 is 14.6 Å². The Bertz CT molecular complexity index is 1550. The fraction of sp³-hybridized carbons (Fsp3) is 0.133. The molecule has 0 fully saturated rings. The molecule has 1 heterocycles. The zero-order valence-electron chi connectivity index (χ0n) is 19.4. The van der Waals surface area contributed by atoms with Crippen LogP contribution in [-0.4, -0.2) is 30.4 Å². The van der Waals surface area contributed by atoms with E-state index in [0.29, 0.717) is 17.7 Å². The molecule has 0 aliphatic rings. The van der Waals surface area contributed by atoms with Gasteiger partial charge in [0.05, 0.1) is 19.4 Å². The molecule has 0 saturated carbocycles. The van der Waals surface area contributed by atoms with Crippen molar-refractivity contribution in [1.29, 1.82) is 5.26 Å². The van der Waals surface area contributed by atoms with Crippen LogP contribution in [0.3, 0.4) is 0 Å². The highest BCUT2D eigenvalue weighted by atomic mass is 16.5. The summed E-state index contributed by atoms with van der Waals surface area (Å²) >= 11 is 0. The number of rotatable bonds is 7. The zero-order chi connectivity index (χ0) is 24.2. The molecule has 5 aromatic rings. The largest absolute Gasteiger partial charge is 0.497 e. The number of nitrogens with zero attached hydrogens (tertiary/aromatic N) is 2. The van der Waals surface area contributed by atoms with Gasteiger partial charge in [0.25, 0.3) is 0 Å². The summed E-state index contributed by atoms with van der Waals surface area (Å²) in [5.41, 5.74) is 3.61. The Labute approximate surface area is 203 Å². The predicted molar refractivity (Wildman–Crippen MR) is 139 cm³/mol. The molecule has 0 radical (unpaired) electrons. The maximum atomic E-state index is 9.98. The number of aliphatic hydroxyl groups excluding tert-OH is 1. The topological polar surface area (TPSA) is 75.4 Å². The van der Waals surface area contributed by atoms with Crippen molar-refractivity contribution in [2.45, 2.75) is 6.42 Å². The Morgan fingerprint density at radius 1 is 0.857 bits per heavy atom. The number of aromatic nitrogens is 1. The van der Waals surface area contributed by atoms with Gasteiger partial charge >= 0.3 is 0 Å². The van der Waals surface area contributed by atoms with Crippen molar-refractivity contribution in [3.05, 3.63) is 90.5 Å². The van der Waals surface area contributed by atoms with Crippen LogP contribution in [0.25, 0.3) is 43.9 Å². The zero-order valence-corrected chi connectivity index (χ0v) is 19.4. The molecule has 0 aliphatic heterocycles. The summed E-state index contributed by atoms with van der Waals surface area (Å²) in [5, 5.41) is 23.9. The van der Waals surface area contributed by atoms with Gasteiger partial charge in [-0.15, -0.1) is 0 Å². The van der Waals surface area contributed by atoms with Crippen molar-refractivity contribution in [1.82, 2.24) is 4.98 Å². The molecule has 172 valence electrons. The molecule has 4 aromatic carbocycles. The Morgan fingerprint density at radius 2 is 1.60 bits per heavy atom. The molecule has 0 bridgehead atoms. The minimum atomic E-state index is 0.00550. The molecule has 35 heavy (non-hydrogen) atoms. The summed E-state index contributed by atoms with van der Waals surface area (Å²) in [6.45, 7) is 0.277. The minimum Gasteiger partial charge on any atom is -0.497 e. The minimum absolute atomic E-state index is 0.00550. The fourth-order valence-corrected chi connectivity index (χ4v) is 4.29. The van der Waals surface area contributed by atoms with Gasteiger partial charge in [-0.1, -0.05) is 60.7 Å². The molecule has 5 nitrogen and oxygen atoms in total. The SMILES string of the molecule is COc1ccc(-c2cc(-c3ccc4c(ccc5ccccc54)c3)nc(OCCCO)c2C#N)cc1. The summed E-state index contributed by atoms with van der Waals surface area (Å²) in [7, 11) is 1.62. The Kier molecular flexibility index (Phi) is 6.30. The predicted octanol–water partition coefficient (Wildman–Crippen LogP) is 6.36. The van der Waals surface area contributed by atoms with E-state index in [4.69, 9.17) is 14.5 Å². The maximum Gasteiger partial charge on any atom is 0.232 e. The molecule has 0 spiro atoms. The molecule has 0 atom stereocenters. The van der Waals surface area contributed by atoms with Crippen LogP contribution in [-0.2, 0) is 0 Å². The first-order valence-corrected chi connectivity index (χ1v) is 11.5. The van der Waals surface area contributed by atoms with Crippen LogP contribution < -0.4 is 9.47 Å². The maximum absolute atomic E-state index is 9.98. The van der Waals surface area contributed by atoms with Gasteiger partial charge in [0.2, 0.25) is 5.88 Å². The van der Waals surface area contributed by atoms with Gasteiger partial charge in [0.1, 0.15) is 17.4 Å². The number of aliphatic hydroxyl groups is 1. The molecule has 1 aromatic heterocycles. The highest BCUT2D eigenvalue weighted by molar-refractivity contribution is 6.08. The number of benzene rings is 4. The Hall–Kier alpha value is -4.40. The van der Waals surface area contributed by atoms with Crippen molar-refractivity contribution in [2.24, 2.45) is 0 Å². The third-order valence-electron chi connectivity index (χ3n) is 6.08. The Balaban J connectivity index is 1.67. The second kappa shape index (κ2) is 9.84. The molecular weight excluding hydrogens is 436 g/mol. The summed E-state index contributed by atoms with van der Waals surface area (Å²) in [6.07, 6.45) is 0.456. The molecule has 5 rings (SSSR count). The van der Waals surface area contributed by atoms with E-state index in [1.165, 1.54) is 16.2 Å². The van der Waals surface area contributed by atoms with E-state index in [-0.39, 0.29) is 19.1 Å². The first-order chi connectivity index (χ1) is 17.2. The van der Waals surface area contributed by atoms with Gasteiger partial charge in [0.15, 0.2) is 0 Å². The molecule has 0 amide bonds. The monoisotopic (exact) mass is 460 g/mol. The second-order valence-electron chi connectivity index (χ2n) is 8.22. The lowest BCUT2D eigenvalue weighted by Crippen LogP contribution is -2.05. The first-order valence-electron chi connectivity index (χ1n) is 11.5. The van der Waals surface area contributed by atoms with Crippen LogP contribution in [0.1, 0.15) is 12.0 Å². The normalized spacial score (nSPS) is 10.9. The summed E-state index contributed by atoms with van der Waals surface area (Å²) in [6, 6.07) is 30.6. The summed E-state index contributed by atoms with van der Waals surface area (Å²) < 4.78 is 11.2. The van der Waals surface area contributed by atoms with E-state index in [0.717, 1.165) is 27.8 Å². The van der Waals surface area contributed by atoms with Gasteiger partial charge in [-0.05, 0) is 51.4 Å². The molecule has 0 aliphatic carbocycles. The van der Waals surface area contributed by atoms with E-state index in [1.54, 1.807) is 7.11 Å². The van der Waals surface area contributed by atoms with Crippen LogP contribution in [0.2, 0.25) is 0 Å². The number of pyridine rings is 1. The lowest BCUT2D eigenvalue weighted by Gasteiger charge is -2.14. The highest BCUT2D eigenvalue weighted by Crippen LogP contribution is 2.36. The molecule has 0 saturated heterocycles. The smallest absolute Gasteiger partial charge is 0.232 e. The second-order valence-corrected chi connectivity index (χ2v) is 8.22. The first kappa shape index (κ1) is 22.4. The van der Waals surface area contributed by atoms with E-state index in [2.05, 4.69) is 54.6 Å². The van der Waals surface area contributed by atoms with Gasteiger partial charge < -0.3 is 14.6 Å². The van der Waals surface area contributed by atoms with E-state index >= 15 is 0 Å². The standard InChI is InChI=1S/C30H24N2O3/c1-34-24-12-9-21(10-13-24)27-18-29(32-30(28(27)19-31)35-16-4-15-33)23-11-14-26-22(17-23)8-7-20-5-2-3-6-25(20)26/h2-3,5-14,17-18,33H,4,15-16H2,1H3. The molecule has 0 unspecified atom stereocenters. The van der Waals surface area contributed by atoms with E-state index in [9.17, 15) is 10.4 Å². The third kappa shape index (κ3) is 4.40. The lowest BCUT2D eigenvalue weighted by atomic mass is 9.96. The molecule has 5 heteroatoms. The van der Waals surface area contributed by atoms with Gasteiger partial charge in [-0.3, -0.25) is 0 Å². The van der Waals surface area contributed by atoms with Crippen LogP contribution in [0.15, 0.2) is 84.9 Å². The number of nitriles is 1. The van der Waals surface area contributed by atoms with Gasteiger partial charge in [0, 0.05) is 24.2 Å². The average Bonchev–Trinajstić information content (AvgIpc) is 2.92. The van der Waals surface area contributed by atoms with Crippen molar-refractivity contribution in [3.63, 3.8) is 0 Å². The molecular formula is C30H24N2O3. The fourth-order valence-electron chi connectivity index (χ4n) is 4.29. The number of hydrogen-bond acceptors (Lipinski definition) is 5. The van der Waals surface area contributed by atoms with Crippen LogP contribution in [0.4, 0.5) is 0 Å². The van der Waals surface area contributed by atoms with Crippen molar-refractivity contribution in [3.8, 4) is 40.1 Å².